The monoisotopic (exact) mass is 411 g/mol. The van der Waals surface area contributed by atoms with E-state index in [2.05, 4.69) is 25.6 Å². The Balaban J connectivity index is 2.10. The molecule has 1 saturated heterocycles. The van der Waals surface area contributed by atoms with Crippen molar-refractivity contribution < 1.29 is 18.3 Å². The van der Waals surface area contributed by atoms with Crippen LogP contribution in [0.2, 0.25) is 5.15 Å². The number of piperidine rings is 1. The molecule has 1 aromatic heterocycles. The van der Waals surface area contributed by atoms with Crippen molar-refractivity contribution in [3.05, 3.63) is 21.9 Å². The van der Waals surface area contributed by atoms with E-state index < -0.39 is 16.1 Å². The Morgan fingerprint density at radius 2 is 2.23 bits per heavy atom. The van der Waals surface area contributed by atoms with Crippen LogP contribution < -0.4 is 4.72 Å². The van der Waals surface area contributed by atoms with Crippen LogP contribution >= 0.6 is 27.5 Å². The van der Waals surface area contributed by atoms with Gasteiger partial charge in [0.15, 0.2) is 0 Å². The van der Waals surface area contributed by atoms with Crippen LogP contribution in [0.5, 0.6) is 0 Å². The Kier molecular flexibility index (Phi) is 5.65. The Morgan fingerprint density at radius 1 is 1.50 bits per heavy atom. The first kappa shape index (κ1) is 17.5. The molecule has 1 aliphatic heterocycles. The Bertz CT molecular complexity index is 670. The molecule has 1 atom stereocenters. The highest BCUT2D eigenvalue weighted by Crippen LogP contribution is 2.22. The van der Waals surface area contributed by atoms with Crippen LogP contribution in [0.1, 0.15) is 19.3 Å². The number of carbonyl (C=O) groups is 1. The summed E-state index contributed by atoms with van der Waals surface area (Å²) in [5.74, 6) is 0. The highest BCUT2D eigenvalue weighted by molar-refractivity contribution is 9.10. The maximum atomic E-state index is 12.3. The topological polar surface area (TPSA) is 99.6 Å². The Morgan fingerprint density at radius 3 is 2.86 bits per heavy atom. The summed E-state index contributed by atoms with van der Waals surface area (Å²) < 4.78 is 27.4. The first-order chi connectivity index (χ1) is 10.3. The van der Waals surface area contributed by atoms with Gasteiger partial charge in [0, 0.05) is 19.1 Å². The third kappa shape index (κ3) is 4.09. The van der Waals surface area contributed by atoms with Gasteiger partial charge in [-0.1, -0.05) is 11.6 Å². The fourth-order valence-electron chi connectivity index (χ4n) is 2.35. The van der Waals surface area contributed by atoms with E-state index in [9.17, 15) is 13.2 Å². The number of hydrogen-bond acceptors (Lipinski definition) is 4. The molecule has 1 fully saturated rings. The first-order valence-corrected chi connectivity index (χ1v) is 9.28. The third-order valence-corrected chi connectivity index (χ3v) is 5.75. The number of nitrogens with zero attached hydrogens (tertiary/aromatic N) is 2. The van der Waals surface area contributed by atoms with Crippen LogP contribution in [0.25, 0.3) is 0 Å². The van der Waals surface area contributed by atoms with Gasteiger partial charge in [-0.05, 0) is 47.3 Å². The van der Waals surface area contributed by atoms with Crippen molar-refractivity contribution in [2.45, 2.75) is 30.2 Å². The van der Waals surface area contributed by atoms with Gasteiger partial charge in [0.2, 0.25) is 10.0 Å². The minimum atomic E-state index is -3.84. The number of rotatable bonds is 4. The molecular formula is C12H15BrClN3O4S. The molecule has 10 heteroatoms. The Labute approximate surface area is 141 Å². The summed E-state index contributed by atoms with van der Waals surface area (Å²) >= 11 is 8.96. The van der Waals surface area contributed by atoms with E-state index in [1.165, 1.54) is 17.0 Å². The van der Waals surface area contributed by atoms with Gasteiger partial charge < -0.3 is 10.0 Å². The molecular weight excluding hydrogens is 398 g/mol. The van der Waals surface area contributed by atoms with Crippen LogP contribution in [-0.4, -0.2) is 48.6 Å². The van der Waals surface area contributed by atoms with Gasteiger partial charge in [-0.3, -0.25) is 0 Å². The van der Waals surface area contributed by atoms with Crippen molar-refractivity contribution in [1.29, 1.82) is 0 Å². The number of pyridine rings is 1. The number of aromatic nitrogens is 1. The highest BCUT2D eigenvalue weighted by atomic mass is 79.9. The van der Waals surface area contributed by atoms with E-state index in [4.69, 9.17) is 16.7 Å². The van der Waals surface area contributed by atoms with Crippen molar-refractivity contribution >= 4 is 43.6 Å². The summed E-state index contributed by atoms with van der Waals surface area (Å²) in [7, 11) is -3.84. The molecule has 0 aromatic carbocycles. The second-order valence-electron chi connectivity index (χ2n) is 4.90. The number of amides is 1. The molecule has 2 heterocycles. The smallest absolute Gasteiger partial charge is 0.407 e. The van der Waals surface area contributed by atoms with Crippen molar-refractivity contribution in [3.63, 3.8) is 0 Å². The molecule has 0 radical (unpaired) electrons. The lowest BCUT2D eigenvalue weighted by molar-refractivity contribution is 0.108. The molecule has 1 aromatic rings. The van der Waals surface area contributed by atoms with Gasteiger partial charge in [-0.15, -0.1) is 0 Å². The lowest BCUT2D eigenvalue weighted by Crippen LogP contribution is -2.48. The SMILES string of the molecule is O=C(O)N1CCCCC1CNS(=O)(=O)c1ccc(Br)nc1Cl. The van der Waals surface area contributed by atoms with Gasteiger partial charge in [0.1, 0.15) is 14.7 Å². The quantitative estimate of drug-likeness (QED) is 0.739. The Hall–Kier alpha value is -0.900. The van der Waals surface area contributed by atoms with Crippen LogP contribution in [0.4, 0.5) is 4.79 Å². The van der Waals surface area contributed by atoms with E-state index in [1.807, 2.05) is 0 Å². The van der Waals surface area contributed by atoms with Crippen molar-refractivity contribution in [3.8, 4) is 0 Å². The minimum Gasteiger partial charge on any atom is -0.465 e. The van der Waals surface area contributed by atoms with E-state index in [-0.39, 0.29) is 22.6 Å². The highest BCUT2D eigenvalue weighted by Gasteiger charge is 2.28. The van der Waals surface area contributed by atoms with Crippen LogP contribution in [0.3, 0.4) is 0 Å². The number of halogens is 2. The molecule has 1 aliphatic rings. The van der Waals surface area contributed by atoms with Crippen LogP contribution in [0.15, 0.2) is 21.6 Å². The maximum absolute atomic E-state index is 12.3. The van der Waals surface area contributed by atoms with E-state index in [1.54, 1.807) is 0 Å². The first-order valence-electron chi connectivity index (χ1n) is 6.62. The van der Waals surface area contributed by atoms with Gasteiger partial charge in [-0.25, -0.2) is 22.9 Å². The fourth-order valence-corrected chi connectivity index (χ4v) is 4.30. The summed E-state index contributed by atoms with van der Waals surface area (Å²) in [5, 5.41) is 9.00. The maximum Gasteiger partial charge on any atom is 0.407 e. The largest absolute Gasteiger partial charge is 0.465 e. The number of hydrogen-bond donors (Lipinski definition) is 2. The molecule has 0 aliphatic carbocycles. The molecule has 0 spiro atoms. The van der Waals surface area contributed by atoms with Gasteiger partial charge in [-0.2, -0.15) is 0 Å². The van der Waals surface area contributed by atoms with Gasteiger partial charge in [0.05, 0.1) is 0 Å². The zero-order valence-electron chi connectivity index (χ0n) is 11.5. The van der Waals surface area contributed by atoms with Crippen molar-refractivity contribution in [2.24, 2.45) is 0 Å². The standard InChI is InChI=1S/C12H15BrClN3O4S/c13-10-5-4-9(11(14)16-10)22(20,21)15-7-8-3-1-2-6-17(8)12(18)19/h4-5,8,15H,1-3,6-7H2,(H,18,19). The third-order valence-electron chi connectivity index (χ3n) is 3.45. The number of sulfonamides is 1. The van der Waals surface area contributed by atoms with E-state index in [0.29, 0.717) is 17.6 Å². The lowest BCUT2D eigenvalue weighted by Gasteiger charge is -2.33. The zero-order chi connectivity index (χ0) is 16.3. The zero-order valence-corrected chi connectivity index (χ0v) is 14.7. The molecule has 1 unspecified atom stereocenters. The minimum absolute atomic E-state index is 0.0149. The predicted molar refractivity (Wildman–Crippen MR) is 84.5 cm³/mol. The fraction of sp³-hybridized carbons (Fsp3) is 0.500. The molecule has 2 rings (SSSR count). The summed E-state index contributed by atoms with van der Waals surface area (Å²) in [6.45, 7) is 0.434. The predicted octanol–water partition coefficient (Wildman–Crippen LogP) is 2.31. The van der Waals surface area contributed by atoms with Crippen molar-refractivity contribution in [2.75, 3.05) is 13.1 Å². The summed E-state index contributed by atoms with van der Waals surface area (Å²) in [5.41, 5.74) is 0. The summed E-state index contributed by atoms with van der Waals surface area (Å²) in [6.07, 6.45) is 1.25. The van der Waals surface area contributed by atoms with Gasteiger partial charge >= 0.3 is 6.09 Å². The molecule has 1 amide bonds. The molecule has 22 heavy (non-hydrogen) atoms. The molecule has 7 nitrogen and oxygen atoms in total. The van der Waals surface area contributed by atoms with Crippen LogP contribution in [0, 0.1) is 0 Å². The van der Waals surface area contributed by atoms with E-state index in [0.717, 1.165) is 12.8 Å². The summed E-state index contributed by atoms with van der Waals surface area (Å²) in [4.78, 5) is 16.1. The summed E-state index contributed by atoms with van der Waals surface area (Å²) in [6, 6.07) is 2.45. The van der Waals surface area contributed by atoms with E-state index >= 15 is 0 Å². The second-order valence-corrected chi connectivity index (χ2v) is 7.81. The lowest BCUT2D eigenvalue weighted by atomic mass is 10.0. The second kappa shape index (κ2) is 7.12. The average molecular weight is 413 g/mol. The number of likely N-dealkylation sites (tertiary alicyclic amines) is 1. The number of carboxylic acid groups (broad SMARTS) is 1. The van der Waals surface area contributed by atoms with Crippen LogP contribution in [-0.2, 0) is 10.0 Å². The average Bonchev–Trinajstić information content (AvgIpc) is 2.45. The van der Waals surface area contributed by atoms with Gasteiger partial charge in [0.25, 0.3) is 0 Å². The number of nitrogens with one attached hydrogen (secondary N) is 1. The molecule has 122 valence electrons. The normalized spacial score (nSPS) is 19.2. The molecule has 2 N–H and O–H groups in total. The van der Waals surface area contributed by atoms with Crippen molar-refractivity contribution in [1.82, 2.24) is 14.6 Å². The molecule has 0 saturated carbocycles. The molecule has 0 bridgehead atoms.